The fourth-order valence-corrected chi connectivity index (χ4v) is 4.25. The molecule has 0 radical (unpaired) electrons. The molecule has 1 unspecified atom stereocenters. The largest absolute Gasteiger partial charge is 0.352 e. The Morgan fingerprint density at radius 2 is 1.53 bits per heavy atom. The molecule has 3 rings (SSSR count). The molecule has 1 N–H and O–H groups in total. The molecule has 0 aromatic heterocycles. The smallest absolute Gasteiger partial charge is 0.242 e. The lowest BCUT2D eigenvalue weighted by atomic mass is 10.0. The highest BCUT2D eigenvalue weighted by atomic mass is 35.5. The minimum absolute atomic E-state index is 0.0264. The lowest BCUT2D eigenvalue weighted by Gasteiger charge is -2.30. The normalized spacial score (nSPS) is 12.1. The maximum Gasteiger partial charge on any atom is 0.242 e. The van der Waals surface area contributed by atoms with Crippen molar-refractivity contribution >= 4 is 45.8 Å². The predicted molar refractivity (Wildman–Crippen MR) is 132 cm³/mol. The Balaban J connectivity index is 1.84. The molecule has 0 fully saturated rings. The van der Waals surface area contributed by atoms with Gasteiger partial charge in [0.15, 0.2) is 0 Å². The van der Waals surface area contributed by atoms with E-state index in [0.29, 0.717) is 22.0 Å². The molecule has 32 heavy (non-hydrogen) atoms. The van der Waals surface area contributed by atoms with Crippen molar-refractivity contribution in [1.82, 2.24) is 10.2 Å². The van der Waals surface area contributed by atoms with Gasteiger partial charge in [0.05, 0.1) is 0 Å². The number of carbonyl (C=O) groups excluding carboxylic acids is 2. The van der Waals surface area contributed by atoms with Crippen LogP contribution >= 0.6 is 23.2 Å². The SMILES string of the molecule is CC(C)NC(=O)C(C)N(Cc1c(Cl)cccc1Cl)C(=O)CCc1cccc2ccccc12. The van der Waals surface area contributed by atoms with Crippen LogP contribution in [0.2, 0.25) is 10.0 Å². The molecule has 0 aliphatic carbocycles. The van der Waals surface area contributed by atoms with E-state index in [2.05, 4.69) is 23.5 Å². The molecular formula is C26H28Cl2N2O2. The van der Waals surface area contributed by atoms with E-state index in [1.807, 2.05) is 38.1 Å². The van der Waals surface area contributed by atoms with Gasteiger partial charge in [0.2, 0.25) is 11.8 Å². The summed E-state index contributed by atoms with van der Waals surface area (Å²) in [6.07, 6.45) is 0.848. The summed E-state index contributed by atoms with van der Waals surface area (Å²) in [5.74, 6) is -0.331. The van der Waals surface area contributed by atoms with Crippen LogP contribution in [0.3, 0.4) is 0 Å². The summed E-state index contributed by atoms with van der Waals surface area (Å²) in [6, 6.07) is 18.8. The van der Waals surface area contributed by atoms with Crippen molar-refractivity contribution in [1.29, 1.82) is 0 Å². The third kappa shape index (κ3) is 5.81. The molecule has 0 saturated carbocycles. The molecule has 3 aromatic rings. The molecule has 0 aliphatic heterocycles. The number of amides is 2. The number of hydrogen-bond donors (Lipinski definition) is 1. The monoisotopic (exact) mass is 470 g/mol. The van der Waals surface area contributed by atoms with Gasteiger partial charge in [-0.3, -0.25) is 9.59 Å². The number of halogens is 2. The van der Waals surface area contributed by atoms with Crippen molar-refractivity contribution in [2.24, 2.45) is 0 Å². The standard InChI is InChI=1S/C26H28Cl2N2O2/c1-17(2)29-26(32)18(3)30(16-22-23(27)12-7-13-24(22)28)25(31)15-14-20-10-6-9-19-8-4-5-11-21(19)20/h4-13,17-18H,14-16H2,1-3H3,(H,29,32). The highest BCUT2D eigenvalue weighted by Gasteiger charge is 2.27. The lowest BCUT2D eigenvalue weighted by Crippen LogP contribution is -2.49. The van der Waals surface area contributed by atoms with E-state index in [1.165, 1.54) is 0 Å². The van der Waals surface area contributed by atoms with Crippen LogP contribution in [0.25, 0.3) is 10.8 Å². The fourth-order valence-electron chi connectivity index (χ4n) is 3.74. The van der Waals surface area contributed by atoms with Crippen LogP contribution in [-0.2, 0) is 22.6 Å². The maximum absolute atomic E-state index is 13.4. The van der Waals surface area contributed by atoms with Crippen LogP contribution in [0.1, 0.15) is 38.3 Å². The molecular weight excluding hydrogens is 443 g/mol. The van der Waals surface area contributed by atoms with Gasteiger partial charge in [0.25, 0.3) is 0 Å². The van der Waals surface area contributed by atoms with Gasteiger partial charge in [0.1, 0.15) is 6.04 Å². The van der Waals surface area contributed by atoms with Gasteiger partial charge in [-0.15, -0.1) is 0 Å². The Hall–Kier alpha value is -2.56. The number of nitrogens with one attached hydrogen (secondary N) is 1. The number of nitrogens with zero attached hydrogens (tertiary/aromatic N) is 1. The molecule has 4 nitrogen and oxygen atoms in total. The number of hydrogen-bond acceptors (Lipinski definition) is 2. The van der Waals surface area contributed by atoms with Gasteiger partial charge in [-0.1, -0.05) is 71.7 Å². The first-order valence-corrected chi connectivity index (χ1v) is 11.5. The van der Waals surface area contributed by atoms with Gasteiger partial charge >= 0.3 is 0 Å². The summed E-state index contributed by atoms with van der Waals surface area (Å²) >= 11 is 12.7. The molecule has 0 spiro atoms. The molecule has 1 atom stereocenters. The first-order valence-electron chi connectivity index (χ1n) is 10.8. The second-order valence-corrected chi connectivity index (χ2v) is 9.01. The van der Waals surface area contributed by atoms with E-state index >= 15 is 0 Å². The van der Waals surface area contributed by atoms with Crippen molar-refractivity contribution in [3.63, 3.8) is 0 Å². The Labute approximate surface area is 199 Å². The first-order chi connectivity index (χ1) is 15.3. The molecule has 0 aliphatic rings. The quantitative estimate of drug-likeness (QED) is 0.437. The van der Waals surface area contributed by atoms with E-state index < -0.39 is 6.04 Å². The topological polar surface area (TPSA) is 49.4 Å². The first kappa shape index (κ1) is 24.1. The predicted octanol–water partition coefficient (Wildman–Crippen LogP) is 6.02. The van der Waals surface area contributed by atoms with Crippen LogP contribution in [0.4, 0.5) is 0 Å². The summed E-state index contributed by atoms with van der Waals surface area (Å²) in [6.45, 7) is 5.68. The molecule has 2 amide bonds. The highest BCUT2D eigenvalue weighted by molar-refractivity contribution is 6.36. The molecule has 6 heteroatoms. The van der Waals surface area contributed by atoms with Crippen molar-refractivity contribution in [3.05, 3.63) is 81.8 Å². The van der Waals surface area contributed by atoms with Crippen LogP contribution in [-0.4, -0.2) is 28.8 Å². The second-order valence-electron chi connectivity index (χ2n) is 8.20. The van der Waals surface area contributed by atoms with Crippen molar-refractivity contribution in [2.45, 2.75) is 52.2 Å². The third-order valence-corrected chi connectivity index (χ3v) is 6.18. The Morgan fingerprint density at radius 3 is 2.22 bits per heavy atom. The second kappa shape index (κ2) is 10.8. The van der Waals surface area contributed by atoms with Crippen LogP contribution < -0.4 is 5.32 Å². The van der Waals surface area contributed by atoms with E-state index in [-0.39, 0.29) is 30.8 Å². The van der Waals surface area contributed by atoms with Crippen LogP contribution in [0.15, 0.2) is 60.7 Å². The van der Waals surface area contributed by atoms with Gasteiger partial charge in [0, 0.05) is 34.6 Å². The third-order valence-electron chi connectivity index (χ3n) is 5.48. The van der Waals surface area contributed by atoms with E-state index in [9.17, 15) is 9.59 Å². The number of benzene rings is 3. The van der Waals surface area contributed by atoms with Gasteiger partial charge in [-0.25, -0.2) is 0 Å². The molecule has 3 aromatic carbocycles. The van der Waals surface area contributed by atoms with Crippen LogP contribution in [0.5, 0.6) is 0 Å². The van der Waals surface area contributed by atoms with E-state index in [1.54, 1.807) is 30.0 Å². The summed E-state index contributed by atoms with van der Waals surface area (Å²) < 4.78 is 0. The maximum atomic E-state index is 13.4. The summed E-state index contributed by atoms with van der Waals surface area (Å²) in [5.41, 5.74) is 1.74. The van der Waals surface area contributed by atoms with Crippen molar-refractivity contribution < 1.29 is 9.59 Å². The fraction of sp³-hybridized carbons (Fsp3) is 0.308. The van der Waals surface area contributed by atoms with Gasteiger partial charge < -0.3 is 10.2 Å². The Morgan fingerprint density at radius 1 is 0.906 bits per heavy atom. The van der Waals surface area contributed by atoms with Crippen molar-refractivity contribution in [3.8, 4) is 0 Å². The minimum atomic E-state index is -0.662. The average Bonchev–Trinajstić information content (AvgIpc) is 2.76. The summed E-state index contributed by atoms with van der Waals surface area (Å²) in [7, 11) is 0. The minimum Gasteiger partial charge on any atom is -0.352 e. The zero-order valence-electron chi connectivity index (χ0n) is 18.6. The highest BCUT2D eigenvalue weighted by Crippen LogP contribution is 2.27. The zero-order chi connectivity index (χ0) is 23.3. The van der Waals surface area contributed by atoms with E-state index in [4.69, 9.17) is 23.2 Å². The van der Waals surface area contributed by atoms with Gasteiger partial charge in [-0.05, 0) is 55.7 Å². The lowest BCUT2D eigenvalue weighted by molar-refractivity contribution is -0.140. The number of aryl methyl sites for hydroxylation is 1. The molecule has 0 saturated heterocycles. The Bertz CT molecular complexity index is 1090. The number of rotatable bonds is 8. The molecule has 0 bridgehead atoms. The Kier molecular flexibility index (Phi) is 8.16. The number of carbonyl (C=O) groups is 2. The molecule has 0 heterocycles. The summed E-state index contributed by atoms with van der Waals surface area (Å²) in [4.78, 5) is 27.7. The molecule has 168 valence electrons. The van der Waals surface area contributed by atoms with Crippen molar-refractivity contribution in [2.75, 3.05) is 0 Å². The zero-order valence-corrected chi connectivity index (χ0v) is 20.1. The number of fused-ring (bicyclic) bond motifs is 1. The van der Waals surface area contributed by atoms with Crippen LogP contribution in [0, 0.1) is 0 Å². The van der Waals surface area contributed by atoms with E-state index in [0.717, 1.165) is 16.3 Å². The summed E-state index contributed by atoms with van der Waals surface area (Å²) in [5, 5.41) is 6.11. The van der Waals surface area contributed by atoms with Gasteiger partial charge in [-0.2, -0.15) is 0 Å². The average molecular weight is 471 g/mol.